The van der Waals surface area contributed by atoms with Crippen molar-refractivity contribution in [2.45, 2.75) is 0 Å². The molecule has 0 fully saturated rings. The normalized spacial score (nSPS) is 14.2. The number of hydrogen-bond acceptors (Lipinski definition) is 1. The molecule has 1 nitrogen and oxygen atoms in total. The third-order valence-corrected chi connectivity index (χ3v) is 6.02. The monoisotopic (exact) mass is 266 g/mol. The van der Waals surface area contributed by atoms with Gasteiger partial charge in [0.1, 0.15) is 7.14 Å². The molecule has 0 aliphatic heterocycles. The summed E-state index contributed by atoms with van der Waals surface area (Å²) in [5, 5.41) is 4.14. The second-order valence-electron chi connectivity index (χ2n) is 4.79. The lowest BCUT2D eigenvalue weighted by Gasteiger charge is -2.14. The van der Waals surface area contributed by atoms with Crippen LogP contribution in [0.2, 0.25) is 0 Å². The molecule has 0 N–H and O–H groups in total. The minimum absolute atomic E-state index is 0.908. The summed E-state index contributed by atoms with van der Waals surface area (Å²) in [7, 11) is -2.50. The van der Waals surface area contributed by atoms with Crippen molar-refractivity contribution in [2.75, 3.05) is 6.66 Å². The Morgan fingerprint density at radius 2 is 1.32 bits per heavy atom. The quantitative estimate of drug-likeness (QED) is 0.645. The third-order valence-electron chi connectivity index (χ3n) is 3.47. The predicted octanol–water partition coefficient (Wildman–Crippen LogP) is 3.78. The van der Waals surface area contributed by atoms with Crippen molar-refractivity contribution in [3.8, 4) is 0 Å². The van der Waals surface area contributed by atoms with Gasteiger partial charge in [0.15, 0.2) is 0 Å². The molecule has 0 radical (unpaired) electrons. The molecule has 0 heterocycles. The molecule has 0 saturated carbocycles. The Bertz CT molecular complexity index is 762. The fraction of sp³-hybridized carbons (Fsp3) is 0.0588. The predicted molar refractivity (Wildman–Crippen MR) is 83.2 cm³/mol. The minimum Gasteiger partial charge on any atom is -0.314 e. The number of fused-ring (bicyclic) bond motifs is 1. The van der Waals surface area contributed by atoms with Crippen LogP contribution in [0.3, 0.4) is 0 Å². The van der Waals surface area contributed by atoms with Crippen molar-refractivity contribution in [3.05, 3.63) is 72.8 Å². The summed E-state index contributed by atoms with van der Waals surface area (Å²) in [4.78, 5) is 0. The average molecular weight is 266 g/mol. The molecule has 3 aromatic carbocycles. The second-order valence-corrected chi connectivity index (χ2v) is 7.67. The van der Waals surface area contributed by atoms with E-state index in [9.17, 15) is 4.57 Å². The van der Waals surface area contributed by atoms with Crippen LogP contribution >= 0.6 is 7.14 Å². The topological polar surface area (TPSA) is 17.1 Å². The van der Waals surface area contributed by atoms with Crippen molar-refractivity contribution in [1.29, 1.82) is 0 Å². The van der Waals surface area contributed by atoms with E-state index in [1.807, 2.05) is 67.3 Å². The Kier molecular flexibility index (Phi) is 3.00. The Hall–Kier alpha value is -1.85. The molecular formula is C17H15OP. The molecule has 3 aromatic rings. The van der Waals surface area contributed by atoms with Crippen LogP contribution < -0.4 is 10.6 Å². The SMILES string of the molecule is CP(=O)(c1ccccc1)c1ccc2ccccc2c1. The van der Waals surface area contributed by atoms with Crippen LogP contribution in [-0.4, -0.2) is 6.66 Å². The van der Waals surface area contributed by atoms with Gasteiger partial charge in [-0.15, -0.1) is 0 Å². The van der Waals surface area contributed by atoms with Gasteiger partial charge in [-0.25, -0.2) is 0 Å². The Morgan fingerprint density at radius 3 is 2.05 bits per heavy atom. The van der Waals surface area contributed by atoms with Gasteiger partial charge in [-0.3, -0.25) is 0 Å². The van der Waals surface area contributed by atoms with Crippen molar-refractivity contribution in [2.24, 2.45) is 0 Å². The highest BCUT2D eigenvalue weighted by Gasteiger charge is 2.20. The van der Waals surface area contributed by atoms with E-state index in [0.29, 0.717) is 0 Å². The fourth-order valence-electron chi connectivity index (χ4n) is 2.30. The summed E-state index contributed by atoms with van der Waals surface area (Å²) in [6.45, 7) is 1.84. The minimum atomic E-state index is -2.50. The first kappa shape index (κ1) is 12.2. The van der Waals surface area contributed by atoms with Gasteiger partial charge in [-0.05, 0) is 23.5 Å². The average Bonchev–Trinajstić information content (AvgIpc) is 2.47. The summed E-state index contributed by atoms with van der Waals surface area (Å²) >= 11 is 0. The third kappa shape index (κ3) is 2.22. The largest absolute Gasteiger partial charge is 0.314 e. The molecule has 0 aliphatic carbocycles. The van der Waals surface area contributed by atoms with E-state index in [0.717, 1.165) is 16.0 Å². The van der Waals surface area contributed by atoms with E-state index in [1.54, 1.807) is 0 Å². The van der Waals surface area contributed by atoms with E-state index in [1.165, 1.54) is 5.39 Å². The van der Waals surface area contributed by atoms with E-state index in [-0.39, 0.29) is 0 Å². The lowest BCUT2D eigenvalue weighted by atomic mass is 10.1. The standard InChI is InChI=1S/C17H15OP/c1-19(18,16-9-3-2-4-10-16)17-12-11-14-7-5-6-8-15(14)13-17/h2-13H,1H3. The molecule has 19 heavy (non-hydrogen) atoms. The summed E-state index contributed by atoms with van der Waals surface area (Å²) < 4.78 is 13.1. The summed E-state index contributed by atoms with van der Waals surface area (Å²) in [5.74, 6) is 0. The second kappa shape index (κ2) is 4.68. The molecule has 0 bridgehead atoms. The van der Waals surface area contributed by atoms with E-state index in [2.05, 4.69) is 12.1 Å². The van der Waals surface area contributed by atoms with Crippen LogP contribution in [0.25, 0.3) is 10.8 Å². The van der Waals surface area contributed by atoms with E-state index >= 15 is 0 Å². The summed E-state index contributed by atoms with van der Waals surface area (Å²) in [6, 6.07) is 23.9. The highest BCUT2D eigenvalue weighted by molar-refractivity contribution is 7.78. The molecular weight excluding hydrogens is 251 g/mol. The molecule has 0 spiro atoms. The first-order chi connectivity index (χ1) is 9.18. The van der Waals surface area contributed by atoms with Gasteiger partial charge in [-0.2, -0.15) is 0 Å². The Morgan fingerprint density at radius 1 is 0.684 bits per heavy atom. The maximum atomic E-state index is 13.1. The molecule has 1 atom stereocenters. The molecule has 2 heteroatoms. The highest BCUT2D eigenvalue weighted by Crippen LogP contribution is 2.39. The maximum Gasteiger partial charge on any atom is 0.140 e. The molecule has 0 aliphatic rings. The van der Waals surface area contributed by atoms with Gasteiger partial charge in [0.2, 0.25) is 0 Å². The zero-order chi connectivity index (χ0) is 13.3. The fourth-order valence-corrected chi connectivity index (χ4v) is 4.09. The van der Waals surface area contributed by atoms with Gasteiger partial charge in [0.25, 0.3) is 0 Å². The number of rotatable bonds is 2. The maximum absolute atomic E-state index is 13.1. The van der Waals surface area contributed by atoms with Crippen molar-refractivity contribution >= 4 is 28.5 Å². The first-order valence-corrected chi connectivity index (χ1v) is 8.46. The summed E-state index contributed by atoms with van der Waals surface area (Å²) in [5.41, 5.74) is 0. The van der Waals surface area contributed by atoms with Crippen LogP contribution in [0.1, 0.15) is 0 Å². The van der Waals surface area contributed by atoms with Crippen molar-refractivity contribution in [3.63, 3.8) is 0 Å². The van der Waals surface area contributed by atoms with Crippen molar-refractivity contribution in [1.82, 2.24) is 0 Å². The smallest absolute Gasteiger partial charge is 0.140 e. The van der Waals surface area contributed by atoms with Crippen LogP contribution in [0.4, 0.5) is 0 Å². The zero-order valence-corrected chi connectivity index (χ0v) is 11.7. The lowest BCUT2D eigenvalue weighted by Crippen LogP contribution is -2.14. The van der Waals surface area contributed by atoms with Gasteiger partial charge in [0, 0.05) is 10.6 Å². The highest BCUT2D eigenvalue weighted by atomic mass is 31.2. The lowest BCUT2D eigenvalue weighted by molar-refractivity contribution is 0.590. The van der Waals surface area contributed by atoms with Gasteiger partial charge in [-0.1, -0.05) is 66.7 Å². The van der Waals surface area contributed by atoms with Crippen LogP contribution in [0.5, 0.6) is 0 Å². The molecule has 3 rings (SSSR count). The number of benzene rings is 3. The zero-order valence-electron chi connectivity index (χ0n) is 10.8. The Balaban J connectivity index is 2.16. The summed E-state index contributed by atoms with van der Waals surface area (Å²) in [6.07, 6.45) is 0. The molecule has 1 unspecified atom stereocenters. The van der Waals surface area contributed by atoms with Crippen LogP contribution in [0.15, 0.2) is 72.8 Å². The van der Waals surface area contributed by atoms with Gasteiger partial charge in [0.05, 0.1) is 0 Å². The molecule has 0 aromatic heterocycles. The number of hydrogen-bond donors (Lipinski definition) is 0. The van der Waals surface area contributed by atoms with Gasteiger partial charge >= 0.3 is 0 Å². The van der Waals surface area contributed by atoms with Gasteiger partial charge < -0.3 is 4.57 Å². The van der Waals surface area contributed by atoms with Crippen LogP contribution in [-0.2, 0) is 4.57 Å². The molecule has 0 saturated heterocycles. The van der Waals surface area contributed by atoms with Crippen LogP contribution in [0, 0.1) is 0 Å². The van der Waals surface area contributed by atoms with Crippen molar-refractivity contribution < 1.29 is 4.57 Å². The molecule has 94 valence electrons. The molecule has 0 amide bonds. The van der Waals surface area contributed by atoms with E-state index < -0.39 is 7.14 Å². The Labute approximate surface area is 113 Å². The first-order valence-electron chi connectivity index (χ1n) is 6.30. The van der Waals surface area contributed by atoms with E-state index in [4.69, 9.17) is 0 Å².